The van der Waals surface area contributed by atoms with Crippen molar-refractivity contribution in [1.29, 1.82) is 0 Å². The standard InChI is InChI=1S/C18H20N2OS2/c1-4-9-22-18-19-16(21)15-14(10-23-17(15)20-18)13-7-5-12(6-8-13)11(2)3/h5-8,10-11H,4,9H2,1-3H3,(H,19,20,21). The molecule has 3 aromatic rings. The van der Waals surface area contributed by atoms with Gasteiger partial charge in [-0.1, -0.05) is 56.8 Å². The third-order valence-corrected chi connectivity index (χ3v) is 5.70. The molecule has 0 radical (unpaired) electrons. The summed E-state index contributed by atoms with van der Waals surface area (Å²) < 4.78 is 0. The number of fused-ring (bicyclic) bond motifs is 1. The van der Waals surface area contributed by atoms with E-state index in [2.05, 4.69) is 55.0 Å². The van der Waals surface area contributed by atoms with E-state index in [1.807, 2.05) is 5.38 Å². The van der Waals surface area contributed by atoms with Crippen LogP contribution in [0.25, 0.3) is 21.3 Å². The van der Waals surface area contributed by atoms with Crippen molar-refractivity contribution in [3.63, 3.8) is 0 Å². The molecule has 3 nitrogen and oxygen atoms in total. The summed E-state index contributed by atoms with van der Waals surface area (Å²) in [6, 6.07) is 8.46. The number of benzene rings is 1. The maximum absolute atomic E-state index is 12.5. The van der Waals surface area contributed by atoms with Gasteiger partial charge in [-0.25, -0.2) is 4.98 Å². The fourth-order valence-corrected chi connectivity index (χ4v) is 4.18. The fraction of sp³-hybridized carbons (Fsp3) is 0.333. The zero-order chi connectivity index (χ0) is 16.4. The summed E-state index contributed by atoms with van der Waals surface area (Å²) in [6.07, 6.45) is 1.06. The molecule has 0 bridgehead atoms. The molecular weight excluding hydrogens is 324 g/mol. The predicted octanol–water partition coefficient (Wildman–Crippen LogP) is 5.28. The minimum atomic E-state index is -0.0437. The minimum absolute atomic E-state index is 0.0437. The highest BCUT2D eigenvalue weighted by molar-refractivity contribution is 7.99. The Morgan fingerprint density at radius 1 is 1.26 bits per heavy atom. The SMILES string of the molecule is CCCSc1nc2scc(-c3ccc(C(C)C)cc3)c2c(=O)[nH]1. The van der Waals surface area contributed by atoms with Crippen LogP contribution in [0.2, 0.25) is 0 Å². The highest BCUT2D eigenvalue weighted by Crippen LogP contribution is 2.32. The summed E-state index contributed by atoms with van der Waals surface area (Å²) in [4.78, 5) is 20.8. The van der Waals surface area contributed by atoms with E-state index in [0.29, 0.717) is 16.5 Å². The lowest BCUT2D eigenvalue weighted by atomic mass is 9.99. The Balaban J connectivity index is 2.03. The van der Waals surface area contributed by atoms with Gasteiger partial charge in [0, 0.05) is 16.7 Å². The Morgan fingerprint density at radius 2 is 2.00 bits per heavy atom. The summed E-state index contributed by atoms with van der Waals surface area (Å²) in [6.45, 7) is 6.48. The Morgan fingerprint density at radius 3 is 2.65 bits per heavy atom. The average molecular weight is 345 g/mol. The summed E-state index contributed by atoms with van der Waals surface area (Å²) in [5, 5.41) is 3.45. The second-order valence-corrected chi connectivity index (χ2v) is 7.77. The zero-order valence-electron chi connectivity index (χ0n) is 13.6. The van der Waals surface area contributed by atoms with Crippen molar-refractivity contribution in [3.05, 3.63) is 45.6 Å². The van der Waals surface area contributed by atoms with Gasteiger partial charge in [-0.15, -0.1) is 11.3 Å². The number of H-pyrrole nitrogens is 1. The van der Waals surface area contributed by atoms with Crippen LogP contribution >= 0.6 is 23.1 Å². The smallest absolute Gasteiger partial charge is 0.260 e. The number of aromatic amines is 1. The van der Waals surface area contributed by atoms with Gasteiger partial charge in [0.05, 0.1) is 5.39 Å². The molecule has 0 aliphatic heterocycles. The normalized spacial score (nSPS) is 11.5. The first-order valence-electron chi connectivity index (χ1n) is 7.84. The molecular formula is C18H20N2OS2. The van der Waals surface area contributed by atoms with Crippen LogP contribution in [0.5, 0.6) is 0 Å². The summed E-state index contributed by atoms with van der Waals surface area (Å²) in [5.41, 5.74) is 3.30. The van der Waals surface area contributed by atoms with Gasteiger partial charge < -0.3 is 4.98 Å². The zero-order valence-corrected chi connectivity index (χ0v) is 15.2. The lowest BCUT2D eigenvalue weighted by molar-refractivity contribution is 0.867. The number of thioether (sulfide) groups is 1. The van der Waals surface area contributed by atoms with E-state index in [1.165, 1.54) is 16.9 Å². The molecule has 1 aromatic carbocycles. The molecule has 23 heavy (non-hydrogen) atoms. The second-order valence-electron chi connectivity index (χ2n) is 5.83. The Bertz CT molecular complexity index is 863. The lowest BCUT2D eigenvalue weighted by Crippen LogP contribution is -2.08. The van der Waals surface area contributed by atoms with Crippen LogP contribution in [0, 0.1) is 0 Å². The second kappa shape index (κ2) is 6.89. The molecule has 0 fully saturated rings. The Hall–Kier alpha value is -1.59. The van der Waals surface area contributed by atoms with Crippen LogP contribution in [0.3, 0.4) is 0 Å². The van der Waals surface area contributed by atoms with E-state index in [1.54, 1.807) is 11.8 Å². The van der Waals surface area contributed by atoms with E-state index < -0.39 is 0 Å². The predicted molar refractivity (Wildman–Crippen MR) is 101 cm³/mol. The third kappa shape index (κ3) is 3.35. The molecule has 0 spiro atoms. The first kappa shape index (κ1) is 16.3. The molecule has 0 amide bonds. The van der Waals surface area contributed by atoms with Gasteiger partial charge in [0.25, 0.3) is 5.56 Å². The molecule has 5 heteroatoms. The van der Waals surface area contributed by atoms with Crippen molar-refractivity contribution >= 4 is 33.3 Å². The largest absolute Gasteiger partial charge is 0.301 e. The van der Waals surface area contributed by atoms with Crippen LogP contribution in [0.15, 0.2) is 39.6 Å². The van der Waals surface area contributed by atoms with E-state index >= 15 is 0 Å². The van der Waals surface area contributed by atoms with Crippen LogP contribution in [0.1, 0.15) is 38.7 Å². The summed E-state index contributed by atoms with van der Waals surface area (Å²) in [7, 11) is 0. The van der Waals surface area contributed by atoms with Crippen LogP contribution < -0.4 is 5.56 Å². The maximum Gasteiger partial charge on any atom is 0.260 e. The molecule has 0 unspecified atom stereocenters. The molecule has 1 N–H and O–H groups in total. The molecule has 0 aliphatic rings. The van der Waals surface area contributed by atoms with Crippen LogP contribution in [-0.2, 0) is 0 Å². The first-order chi connectivity index (χ1) is 11.1. The average Bonchev–Trinajstić information content (AvgIpc) is 2.97. The number of aromatic nitrogens is 2. The monoisotopic (exact) mass is 344 g/mol. The van der Waals surface area contributed by atoms with Crippen molar-refractivity contribution < 1.29 is 0 Å². The lowest BCUT2D eigenvalue weighted by Gasteiger charge is -2.06. The van der Waals surface area contributed by atoms with Crippen molar-refractivity contribution in [2.75, 3.05) is 5.75 Å². The van der Waals surface area contributed by atoms with E-state index in [4.69, 9.17) is 0 Å². The highest BCUT2D eigenvalue weighted by Gasteiger charge is 2.13. The van der Waals surface area contributed by atoms with E-state index in [-0.39, 0.29) is 5.56 Å². The van der Waals surface area contributed by atoms with Gasteiger partial charge in [0.15, 0.2) is 5.16 Å². The number of thiophene rings is 1. The number of rotatable bonds is 5. The van der Waals surface area contributed by atoms with Crippen LogP contribution in [-0.4, -0.2) is 15.7 Å². The number of hydrogen-bond donors (Lipinski definition) is 1. The Kier molecular flexibility index (Phi) is 4.87. The van der Waals surface area contributed by atoms with Gasteiger partial charge >= 0.3 is 0 Å². The van der Waals surface area contributed by atoms with Crippen LogP contribution in [0.4, 0.5) is 0 Å². The van der Waals surface area contributed by atoms with Gasteiger partial charge in [-0.3, -0.25) is 4.79 Å². The van der Waals surface area contributed by atoms with Gasteiger partial charge in [-0.2, -0.15) is 0 Å². The summed E-state index contributed by atoms with van der Waals surface area (Å²) >= 11 is 3.14. The first-order valence-corrected chi connectivity index (χ1v) is 9.71. The fourth-order valence-electron chi connectivity index (χ4n) is 2.46. The number of hydrogen-bond acceptors (Lipinski definition) is 4. The molecule has 3 rings (SSSR count). The molecule has 120 valence electrons. The highest BCUT2D eigenvalue weighted by atomic mass is 32.2. The number of nitrogens with one attached hydrogen (secondary N) is 1. The Labute approximate surface area is 144 Å². The summed E-state index contributed by atoms with van der Waals surface area (Å²) in [5.74, 6) is 1.47. The molecule has 0 saturated carbocycles. The molecule has 2 heterocycles. The van der Waals surface area contributed by atoms with Gasteiger partial charge in [0.1, 0.15) is 4.83 Å². The van der Waals surface area contributed by atoms with Crippen molar-refractivity contribution in [2.24, 2.45) is 0 Å². The van der Waals surface area contributed by atoms with E-state index in [0.717, 1.165) is 28.1 Å². The van der Waals surface area contributed by atoms with Crippen molar-refractivity contribution in [2.45, 2.75) is 38.3 Å². The minimum Gasteiger partial charge on any atom is -0.301 e. The van der Waals surface area contributed by atoms with Crippen molar-refractivity contribution in [3.8, 4) is 11.1 Å². The molecule has 0 aliphatic carbocycles. The van der Waals surface area contributed by atoms with Crippen molar-refractivity contribution in [1.82, 2.24) is 9.97 Å². The number of nitrogens with zero attached hydrogens (tertiary/aromatic N) is 1. The molecule has 0 saturated heterocycles. The third-order valence-electron chi connectivity index (χ3n) is 3.75. The topological polar surface area (TPSA) is 45.8 Å². The quantitative estimate of drug-likeness (QED) is 0.506. The maximum atomic E-state index is 12.5. The van der Waals surface area contributed by atoms with Gasteiger partial charge in [-0.05, 0) is 23.5 Å². The molecule has 2 aromatic heterocycles. The molecule has 0 atom stereocenters. The van der Waals surface area contributed by atoms with E-state index in [9.17, 15) is 4.79 Å². The van der Waals surface area contributed by atoms with Gasteiger partial charge in [0.2, 0.25) is 0 Å².